The molecule has 0 aliphatic carbocycles. The Hall–Kier alpha value is -3.39. The molecule has 1 atom stereocenters. The molecule has 30 heavy (non-hydrogen) atoms. The molecule has 1 unspecified atom stereocenters. The number of rotatable bonds is 4. The van der Waals surface area contributed by atoms with Crippen LogP contribution in [0.4, 0.5) is 16.4 Å². The fourth-order valence-corrected chi connectivity index (χ4v) is 4.67. The highest BCUT2D eigenvalue weighted by Crippen LogP contribution is 2.35. The molecule has 0 radical (unpaired) electrons. The first-order valence-electron chi connectivity index (χ1n) is 9.46. The molecule has 4 rings (SSSR count). The van der Waals surface area contributed by atoms with Crippen molar-refractivity contribution in [3.8, 4) is 0 Å². The summed E-state index contributed by atoms with van der Waals surface area (Å²) >= 11 is 1.31. The molecule has 1 aromatic heterocycles. The van der Waals surface area contributed by atoms with Gasteiger partial charge in [0.05, 0.1) is 24.8 Å². The van der Waals surface area contributed by atoms with E-state index in [9.17, 15) is 14.4 Å². The Bertz CT molecular complexity index is 1180. The number of amides is 2. The Morgan fingerprint density at radius 1 is 1.13 bits per heavy atom. The van der Waals surface area contributed by atoms with Gasteiger partial charge in [0.1, 0.15) is 11.0 Å². The van der Waals surface area contributed by atoms with Crippen LogP contribution in [-0.2, 0) is 14.3 Å². The lowest BCUT2D eigenvalue weighted by atomic mass is 10.1. The second kappa shape index (κ2) is 7.79. The van der Waals surface area contributed by atoms with Crippen LogP contribution in [-0.4, -0.2) is 30.9 Å². The van der Waals surface area contributed by atoms with Crippen molar-refractivity contribution < 1.29 is 19.1 Å². The van der Waals surface area contributed by atoms with Gasteiger partial charge in [-0.05, 0) is 36.9 Å². The number of thiophene rings is 1. The van der Waals surface area contributed by atoms with Crippen molar-refractivity contribution in [3.05, 3.63) is 52.4 Å². The van der Waals surface area contributed by atoms with E-state index in [2.05, 4.69) is 16.0 Å². The van der Waals surface area contributed by atoms with Gasteiger partial charge >= 0.3 is 5.97 Å². The van der Waals surface area contributed by atoms with Crippen LogP contribution >= 0.6 is 11.3 Å². The topological polar surface area (TPSA) is 96.5 Å². The zero-order valence-corrected chi connectivity index (χ0v) is 17.6. The van der Waals surface area contributed by atoms with Gasteiger partial charge in [-0.3, -0.25) is 9.59 Å². The number of carbonyl (C=O) groups is 3. The molecule has 2 aromatic carbocycles. The fraction of sp³-hybridized carbons (Fsp3) is 0.227. The first-order valence-corrected chi connectivity index (χ1v) is 10.3. The Morgan fingerprint density at radius 3 is 2.53 bits per heavy atom. The molecule has 0 bridgehead atoms. The number of carbonyl (C=O) groups excluding carboxylic acids is 3. The summed E-state index contributed by atoms with van der Waals surface area (Å²) in [5.74, 6) is -1.16. The second-order valence-corrected chi connectivity index (χ2v) is 8.35. The predicted molar refractivity (Wildman–Crippen MR) is 118 cm³/mol. The number of aryl methyl sites for hydroxylation is 1. The third-order valence-corrected chi connectivity index (χ3v) is 6.35. The van der Waals surface area contributed by atoms with Gasteiger partial charge in [0.25, 0.3) is 0 Å². The van der Waals surface area contributed by atoms with Crippen molar-refractivity contribution in [1.29, 1.82) is 0 Å². The molecule has 0 fully saturated rings. The standard InChI is InChI=1S/C22H21N3O4S/c1-11-12(2)30-21(18(11)22(28)29-3)25-17(26)10-16-20(27)24-15-9-5-7-13-6-4-8-14(23-16)19(13)15/h4-9,16,23H,10H2,1-3H3,(H,24,27)(H,25,26). The van der Waals surface area contributed by atoms with Crippen molar-refractivity contribution in [2.45, 2.75) is 26.3 Å². The summed E-state index contributed by atoms with van der Waals surface area (Å²) in [6.45, 7) is 3.69. The number of hydrogen-bond acceptors (Lipinski definition) is 6. The molecule has 0 spiro atoms. The number of ether oxygens (including phenoxy) is 1. The molecular formula is C22H21N3O4S. The van der Waals surface area contributed by atoms with Crippen LogP contribution < -0.4 is 16.0 Å². The van der Waals surface area contributed by atoms with E-state index in [1.807, 2.05) is 50.2 Å². The molecule has 3 N–H and O–H groups in total. The molecule has 7 nitrogen and oxygen atoms in total. The minimum Gasteiger partial charge on any atom is -0.465 e. The van der Waals surface area contributed by atoms with E-state index in [-0.39, 0.29) is 18.2 Å². The molecule has 0 saturated heterocycles. The Morgan fingerprint density at radius 2 is 1.83 bits per heavy atom. The highest BCUT2D eigenvalue weighted by molar-refractivity contribution is 7.16. The lowest BCUT2D eigenvalue weighted by Gasteiger charge is -2.16. The molecule has 1 aliphatic rings. The highest BCUT2D eigenvalue weighted by Gasteiger charge is 2.28. The monoisotopic (exact) mass is 423 g/mol. The SMILES string of the molecule is COC(=O)c1c(NC(=O)CC2Nc3cccc4cccc(c34)NC2=O)sc(C)c1C. The van der Waals surface area contributed by atoms with Gasteiger partial charge in [-0.15, -0.1) is 11.3 Å². The average Bonchev–Trinajstić information content (AvgIpc) is 2.91. The smallest absolute Gasteiger partial charge is 0.341 e. The second-order valence-electron chi connectivity index (χ2n) is 7.13. The summed E-state index contributed by atoms with van der Waals surface area (Å²) in [5, 5.41) is 11.2. The van der Waals surface area contributed by atoms with Crippen LogP contribution in [0.15, 0.2) is 36.4 Å². The van der Waals surface area contributed by atoms with Crippen LogP contribution in [0.5, 0.6) is 0 Å². The van der Waals surface area contributed by atoms with Crippen molar-refractivity contribution in [2.24, 2.45) is 0 Å². The molecule has 154 valence electrons. The average molecular weight is 423 g/mol. The van der Waals surface area contributed by atoms with Crippen LogP contribution in [0, 0.1) is 13.8 Å². The zero-order chi connectivity index (χ0) is 21.4. The molecule has 2 amide bonds. The largest absolute Gasteiger partial charge is 0.465 e. The van der Waals surface area contributed by atoms with Gasteiger partial charge in [-0.2, -0.15) is 0 Å². The van der Waals surface area contributed by atoms with Crippen molar-refractivity contribution in [1.82, 2.24) is 0 Å². The first kappa shape index (κ1) is 19.9. The summed E-state index contributed by atoms with van der Waals surface area (Å²) in [7, 11) is 1.30. The van der Waals surface area contributed by atoms with E-state index in [0.717, 1.165) is 26.9 Å². The lowest BCUT2D eigenvalue weighted by Crippen LogP contribution is -2.36. The van der Waals surface area contributed by atoms with Gasteiger partial charge in [0.2, 0.25) is 11.8 Å². The minimum atomic E-state index is -0.758. The number of benzene rings is 2. The maximum atomic E-state index is 12.8. The summed E-state index contributed by atoms with van der Waals surface area (Å²) in [4.78, 5) is 38.6. The van der Waals surface area contributed by atoms with Crippen molar-refractivity contribution >= 4 is 56.3 Å². The van der Waals surface area contributed by atoms with Gasteiger partial charge in [-0.25, -0.2) is 4.79 Å². The number of anilines is 3. The predicted octanol–water partition coefficient (Wildman–Crippen LogP) is 4.07. The Balaban J connectivity index is 1.57. The first-order chi connectivity index (χ1) is 14.4. The Labute approximate surface area is 177 Å². The summed E-state index contributed by atoms with van der Waals surface area (Å²) in [6, 6.07) is 10.7. The van der Waals surface area contributed by atoms with Crippen molar-refractivity contribution in [2.75, 3.05) is 23.1 Å². The third-order valence-electron chi connectivity index (χ3n) is 5.23. The maximum Gasteiger partial charge on any atom is 0.341 e. The number of esters is 1. The van der Waals surface area contributed by atoms with E-state index in [1.165, 1.54) is 18.4 Å². The van der Waals surface area contributed by atoms with E-state index < -0.39 is 12.0 Å². The van der Waals surface area contributed by atoms with Gasteiger partial charge in [-0.1, -0.05) is 24.3 Å². The van der Waals surface area contributed by atoms with Gasteiger partial charge in [0.15, 0.2) is 0 Å². The van der Waals surface area contributed by atoms with E-state index >= 15 is 0 Å². The summed E-state index contributed by atoms with van der Waals surface area (Å²) < 4.78 is 4.84. The van der Waals surface area contributed by atoms with E-state index in [4.69, 9.17) is 4.74 Å². The van der Waals surface area contributed by atoms with Crippen LogP contribution in [0.3, 0.4) is 0 Å². The van der Waals surface area contributed by atoms with Crippen LogP contribution in [0.2, 0.25) is 0 Å². The van der Waals surface area contributed by atoms with E-state index in [0.29, 0.717) is 16.3 Å². The summed E-state index contributed by atoms with van der Waals surface area (Å²) in [6.07, 6.45) is -0.0905. The van der Waals surface area contributed by atoms with Crippen LogP contribution in [0.1, 0.15) is 27.2 Å². The Kier molecular flexibility index (Phi) is 5.17. The zero-order valence-electron chi connectivity index (χ0n) is 16.8. The van der Waals surface area contributed by atoms with E-state index in [1.54, 1.807) is 0 Å². The molecule has 2 heterocycles. The third kappa shape index (κ3) is 3.50. The van der Waals surface area contributed by atoms with Crippen molar-refractivity contribution in [3.63, 3.8) is 0 Å². The van der Waals surface area contributed by atoms with Crippen LogP contribution in [0.25, 0.3) is 10.8 Å². The molecule has 3 aromatic rings. The number of hydrogen-bond donors (Lipinski definition) is 3. The lowest BCUT2D eigenvalue weighted by molar-refractivity contribution is -0.121. The maximum absolute atomic E-state index is 12.8. The molecule has 8 heteroatoms. The number of nitrogens with one attached hydrogen (secondary N) is 3. The normalized spacial score (nSPS) is 15.2. The summed E-state index contributed by atoms with van der Waals surface area (Å²) in [5.41, 5.74) is 2.62. The molecule has 1 aliphatic heterocycles. The highest BCUT2D eigenvalue weighted by atomic mass is 32.1. The van der Waals surface area contributed by atoms with Gasteiger partial charge < -0.3 is 20.7 Å². The minimum absolute atomic E-state index is 0.0905. The fourth-order valence-electron chi connectivity index (χ4n) is 3.61. The van der Waals surface area contributed by atoms with Gasteiger partial charge in [0, 0.05) is 16.0 Å². The number of methoxy groups -OCH3 is 1. The quantitative estimate of drug-likeness (QED) is 0.550. The molecular weight excluding hydrogens is 402 g/mol. The molecule has 0 saturated carbocycles.